The summed E-state index contributed by atoms with van der Waals surface area (Å²) in [5.74, 6) is -1.41. The van der Waals surface area contributed by atoms with Gasteiger partial charge in [0.1, 0.15) is 0 Å². The lowest BCUT2D eigenvalue weighted by molar-refractivity contribution is -0.387. The van der Waals surface area contributed by atoms with Crippen LogP contribution in [0.3, 0.4) is 0 Å². The molecular formula is C10H8FN3O4. The number of halogens is 1. The normalized spacial score (nSPS) is 14.8. The van der Waals surface area contributed by atoms with Crippen LogP contribution in [0.25, 0.3) is 0 Å². The molecule has 1 aliphatic rings. The molecule has 2 rings (SSSR count). The first kappa shape index (κ1) is 12.0. The zero-order valence-electron chi connectivity index (χ0n) is 9.05. The molecular weight excluding hydrogens is 245 g/mol. The molecule has 7 nitrogen and oxygen atoms in total. The molecule has 0 bridgehead atoms. The van der Waals surface area contributed by atoms with Crippen LogP contribution in [-0.2, 0) is 11.3 Å². The van der Waals surface area contributed by atoms with E-state index in [-0.39, 0.29) is 13.1 Å². The lowest BCUT2D eigenvalue weighted by atomic mass is 10.2. The maximum absolute atomic E-state index is 13.3. The molecule has 1 N–H and O–H groups in total. The van der Waals surface area contributed by atoms with Crippen molar-refractivity contribution in [3.8, 4) is 0 Å². The SMILES string of the molecule is O=C1CNC(=O)N1Cc1ccc([N+](=O)[O-])c(F)c1. The molecule has 0 atom stereocenters. The van der Waals surface area contributed by atoms with Gasteiger partial charge in [-0.25, -0.2) is 4.79 Å². The minimum Gasteiger partial charge on any atom is -0.329 e. The zero-order chi connectivity index (χ0) is 13.3. The van der Waals surface area contributed by atoms with Crippen LogP contribution >= 0.6 is 0 Å². The summed E-state index contributed by atoms with van der Waals surface area (Å²) >= 11 is 0. The van der Waals surface area contributed by atoms with Gasteiger partial charge in [-0.15, -0.1) is 0 Å². The molecule has 0 aromatic heterocycles. The fourth-order valence-electron chi connectivity index (χ4n) is 1.59. The smallest absolute Gasteiger partial charge is 0.324 e. The molecule has 0 saturated carbocycles. The van der Waals surface area contributed by atoms with E-state index in [9.17, 15) is 24.1 Å². The minimum atomic E-state index is -0.996. The maximum atomic E-state index is 13.3. The zero-order valence-corrected chi connectivity index (χ0v) is 9.05. The molecule has 1 saturated heterocycles. The van der Waals surface area contributed by atoms with Crippen LogP contribution in [0.2, 0.25) is 0 Å². The maximum Gasteiger partial charge on any atom is 0.324 e. The Hall–Kier alpha value is -2.51. The van der Waals surface area contributed by atoms with Gasteiger partial charge in [-0.1, -0.05) is 6.07 Å². The number of hydrogen-bond acceptors (Lipinski definition) is 4. The number of nitro benzene ring substituents is 1. The first-order valence-corrected chi connectivity index (χ1v) is 5.00. The van der Waals surface area contributed by atoms with Gasteiger partial charge in [-0.3, -0.25) is 19.8 Å². The van der Waals surface area contributed by atoms with Gasteiger partial charge in [0.2, 0.25) is 11.7 Å². The third-order valence-electron chi connectivity index (χ3n) is 2.49. The second-order valence-electron chi connectivity index (χ2n) is 3.68. The second-order valence-corrected chi connectivity index (χ2v) is 3.68. The number of amides is 3. The number of rotatable bonds is 3. The van der Waals surface area contributed by atoms with E-state index >= 15 is 0 Å². The number of carbonyl (C=O) groups is 2. The van der Waals surface area contributed by atoms with Gasteiger partial charge in [0.15, 0.2) is 0 Å². The molecule has 0 spiro atoms. The van der Waals surface area contributed by atoms with Crippen LogP contribution in [0, 0.1) is 15.9 Å². The van der Waals surface area contributed by atoms with Crippen LogP contribution in [0.15, 0.2) is 18.2 Å². The van der Waals surface area contributed by atoms with Crippen LogP contribution in [0.5, 0.6) is 0 Å². The van der Waals surface area contributed by atoms with Crippen LogP contribution in [0.4, 0.5) is 14.9 Å². The Labute approximate surface area is 100 Å². The molecule has 8 heteroatoms. The van der Waals surface area contributed by atoms with Crippen molar-refractivity contribution in [2.24, 2.45) is 0 Å². The predicted octanol–water partition coefficient (Wildman–Crippen LogP) is 0.786. The number of nitrogens with zero attached hydrogens (tertiary/aromatic N) is 2. The standard InChI is InChI=1S/C10H8FN3O4/c11-7-3-6(1-2-8(7)14(17)18)5-13-9(15)4-12-10(13)16/h1-3H,4-5H2,(H,12,16). The summed E-state index contributed by atoms with van der Waals surface area (Å²) in [4.78, 5) is 33.0. The van der Waals surface area contributed by atoms with Crippen molar-refractivity contribution in [1.29, 1.82) is 0 Å². The molecule has 18 heavy (non-hydrogen) atoms. The van der Waals surface area contributed by atoms with Crippen molar-refractivity contribution in [1.82, 2.24) is 10.2 Å². The number of urea groups is 1. The van der Waals surface area contributed by atoms with Crippen molar-refractivity contribution in [2.45, 2.75) is 6.54 Å². The Balaban J connectivity index is 2.20. The highest BCUT2D eigenvalue weighted by Crippen LogP contribution is 2.19. The van der Waals surface area contributed by atoms with Crippen LogP contribution in [0.1, 0.15) is 5.56 Å². The van der Waals surface area contributed by atoms with Crippen molar-refractivity contribution >= 4 is 17.6 Å². The molecule has 3 amide bonds. The van der Waals surface area contributed by atoms with Crippen molar-refractivity contribution < 1.29 is 18.9 Å². The largest absolute Gasteiger partial charge is 0.329 e. The van der Waals surface area contributed by atoms with Crippen LogP contribution < -0.4 is 5.32 Å². The fraction of sp³-hybridized carbons (Fsp3) is 0.200. The van der Waals surface area contributed by atoms with Gasteiger partial charge in [0.05, 0.1) is 18.0 Å². The average Bonchev–Trinajstić information content (AvgIpc) is 2.60. The van der Waals surface area contributed by atoms with E-state index in [1.165, 1.54) is 6.07 Å². The molecule has 0 aliphatic carbocycles. The molecule has 0 radical (unpaired) electrons. The minimum absolute atomic E-state index is 0.0890. The number of nitro groups is 1. The fourth-order valence-corrected chi connectivity index (χ4v) is 1.59. The Morgan fingerprint density at radius 1 is 1.44 bits per heavy atom. The molecule has 94 valence electrons. The van der Waals surface area contributed by atoms with Crippen molar-refractivity contribution in [3.05, 3.63) is 39.7 Å². The third kappa shape index (κ3) is 2.12. The van der Waals surface area contributed by atoms with E-state index in [2.05, 4.69) is 5.32 Å². The average molecular weight is 253 g/mol. The van der Waals surface area contributed by atoms with Crippen LogP contribution in [-0.4, -0.2) is 28.3 Å². The van der Waals surface area contributed by atoms with Gasteiger partial charge in [0, 0.05) is 6.07 Å². The monoisotopic (exact) mass is 253 g/mol. The summed E-state index contributed by atoms with van der Waals surface area (Å²) in [6, 6.07) is 2.69. The first-order chi connectivity index (χ1) is 8.49. The van der Waals surface area contributed by atoms with E-state index in [0.717, 1.165) is 17.0 Å². The molecule has 1 heterocycles. The highest BCUT2D eigenvalue weighted by Gasteiger charge is 2.28. The van der Waals surface area contributed by atoms with E-state index in [1.54, 1.807) is 0 Å². The van der Waals surface area contributed by atoms with Gasteiger partial charge < -0.3 is 5.32 Å². The van der Waals surface area contributed by atoms with Gasteiger partial charge in [-0.2, -0.15) is 4.39 Å². The lowest BCUT2D eigenvalue weighted by Gasteiger charge is -2.12. The summed E-state index contributed by atoms with van der Waals surface area (Å²) in [7, 11) is 0. The summed E-state index contributed by atoms with van der Waals surface area (Å²) in [6.45, 7) is -0.201. The molecule has 1 aromatic carbocycles. The van der Waals surface area contributed by atoms with E-state index < -0.39 is 28.4 Å². The summed E-state index contributed by atoms with van der Waals surface area (Å²) in [5.41, 5.74) is -0.334. The summed E-state index contributed by atoms with van der Waals surface area (Å²) in [6.07, 6.45) is 0. The Bertz CT molecular complexity index is 530. The Morgan fingerprint density at radius 3 is 2.67 bits per heavy atom. The van der Waals surface area contributed by atoms with E-state index in [1.807, 2.05) is 0 Å². The van der Waals surface area contributed by atoms with E-state index in [0.29, 0.717) is 5.56 Å². The topological polar surface area (TPSA) is 92.6 Å². The van der Waals surface area contributed by atoms with Gasteiger partial charge >= 0.3 is 11.7 Å². The Kier molecular flexibility index (Phi) is 2.92. The molecule has 0 unspecified atom stereocenters. The summed E-state index contributed by atoms with van der Waals surface area (Å²) < 4.78 is 13.3. The number of imide groups is 1. The highest BCUT2D eigenvalue weighted by atomic mass is 19.1. The quantitative estimate of drug-likeness (QED) is 0.489. The third-order valence-corrected chi connectivity index (χ3v) is 2.49. The number of benzene rings is 1. The number of carbonyl (C=O) groups excluding carboxylic acids is 2. The number of hydrogen-bond donors (Lipinski definition) is 1. The van der Waals surface area contributed by atoms with Crippen molar-refractivity contribution in [2.75, 3.05) is 6.54 Å². The molecule has 1 aliphatic heterocycles. The van der Waals surface area contributed by atoms with E-state index in [4.69, 9.17) is 0 Å². The molecule has 1 aromatic rings. The highest BCUT2D eigenvalue weighted by molar-refractivity contribution is 6.01. The molecule has 1 fully saturated rings. The first-order valence-electron chi connectivity index (χ1n) is 5.00. The lowest BCUT2D eigenvalue weighted by Crippen LogP contribution is -2.30. The Morgan fingerprint density at radius 2 is 2.17 bits per heavy atom. The van der Waals surface area contributed by atoms with Gasteiger partial charge in [0.25, 0.3) is 0 Å². The van der Waals surface area contributed by atoms with Crippen molar-refractivity contribution in [3.63, 3.8) is 0 Å². The summed E-state index contributed by atoms with van der Waals surface area (Å²) in [5, 5.41) is 12.7. The van der Waals surface area contributed by atoms with Gasteiger partial charge in [-0.05, 0) is 11.6 Å². The predicted molar refractivity (Wildman–Crippen MR) is 57.0 cm³/mol. The number of nitrogens with one attached hydrogen (secondary N) is 1. The second kappa shape index (κ2) is 4.40.